The van der Waals surface area contributed by atoms with Crippen molar-refractivity contribution >= 4 is 0 Å². The predicted molar refractivity (Wildman–Crippen MR) is 53.9 cm³/mol. The normalized spacial score (nSPS) is 27.8. The number of aromatic hydroxyl groups is 1. The van der Waals surface area contributed by atoms with Crippen molar-refractivity contribution in [2.75, 3.05) is 0 Å². The van der Waals surface area contributed by atoms with Gasteiger partial charge >= 0.3 is 0 Å². The van der Waals surface area contributed by atoms with E-state index in [2.05, 4.69) is 19.1 Å². The van der Waals surface area contributed by atoms with Crippen molar-refractivity contribution in [3.8, 4) is 5.75 Å². The third-order valence-corrected chi connectivity index (χ3v) is 3.06. The second-order valence-corrected chi connectivity index (χ2v) is 4.21. The Hall–Kier alpha value is -0.980. The molecule has 0 amide bonds. The third-order valence-electron chi connectivity index (χ3n) is 3.06. The van der Waals surface area contributed by atoms with Gasteiger partial charge in [-0.15, -0.1) is 0 Å². The predicted octanol–water partition coefficient (Wildman–Crippen LogP) is 3.30. The molecular weight excluding hydrogens is 160 g/mol. The lowest BCUT2D eigenvalue weighted by atomic mass is 9.97. The molecule has 2 rings (SSSR count). The summed E-state index contributed by atoms with van der Waals surface area (Å²) in [7, 11) is 0. The summed E-state index contributed by atoms with van der Waals surface area (Å²) in [6, 6.07) is 7.69. The minimum Gasteiger partial charge on any atom is -0.508 e. The molecule has 1 aliphatic rings. The Labute approximate surface area is 79.4 Å². The van der Waals surface area contributed by atoms with Crippen LogP contribution in [-0.2, 0) is 0 Å². The van der Waals surface area contributed by atoms with E-state index in [0.717, 1.165) is 11.8 Å². The number of rotatable bonds is 1. The molecule has 0 spiro atoms. The minimum atomic E-state index is 0.370. The van der Waals surface area contributed by atoms with Crippen LogP contribution in [-0.4, -0.2) is 5.11 Å². The van der Waals surface area contributed by atoms with Crippen LogP contribution in [0.1, 0.15) is 37.7 Å². The molecule has 0 radical (unpaired) electrons. The average molecular weight is 176 g/mol. The smallest absolute Gasteiger partial charge is 0.115 e. The molecular formula is C12H16O. The first-order valence-electron chi connectivity index (χ1n) is 5.04. The topological polar surface area (TPSA) is 20.2 Å². The lowest BCUT2D eigenvalue weighted by molar-refractivity contribution is 0.474. The Morgan fingerprint density at radius 1 is 1.15 bits per heavy atom. The monoisotopic (exact) mass is 176 g/mol. The van der Waals surface area contributed by atoms with Gasteiger partial charge in [-0.1, -0.05) is 25.5 Å². The number of phenolic OH excluding ortho intramolecular Hbond substituents is 1. The maximum absolute atomic E-state index is 9.15. The Morgan fingerprint density at radius 3 is 2.38 bits per heavy atom. The highest BCUT2D eigenvalue weighted by Gasteiger charge is 2.22. The Balaban J connectivity index is 2.13. The van der Waals surface area contributed by atoms with Gasteiger partial charge < -0.3 is 5.11 Å². The molecule has 1 aromatic carbocycles. The molecule has 1 heteroatoms. The van der Waals surface area contributed by atoms with Gasteiger partial charge in [0.2, 0.25) is 0 Å². The van der Waals surface area contributed by atoms with Gasteiger partial charge in [0.1, 0.15) is 5.75 Å². The SMILES string of the molecule is CC1CCC(c2ccc(O)cc2)C1. The van der Waals surface area contributed by atoms with E-state index in [9.17, 15) is 0 Å². The van der Waals surface area contributed by atoms with Crippen LogP contribution in [0.25, 0.3) is 0 Å². The lowest BCUT2D eigenvalue weighted by Crippen LogP contribution is -1.92. The van der Waals surface area contributed by atoms with Crippen LogP contribution < -0.4 is 0 Å². The van der Waals surface area contributed by atoms with E-state index in [0.29, 0.717) is 5.75 Å². The largest absolute Gasteiger partial charge is 0.508 e. The zero-order valence-corrected chi connectivity index (χ0v) is 8.03. The highest BCUT2D eigenvalue weighted by Crippen LogP contribution is 2.38. The summed E-state index contributed by atoms with van der Waals surface area (Å²) in [6.07, 6.45) is 3.97. The Kier molecular flexibility index (Phi) is 2.26. The molecule has 0 aromatic heterocycles. The zero-order chi connectivity index (χ0) is 9.26. The fourth-order valence-corrected chi connectivity index (χ4v) is 2.26. The summed E-state index contributed by atoms with van der Waals surface area (Å²) in [6.45, 7) is 2.32. The number of hydrogen-bond donors (Lipinski definition) is 1. The molecule has 2 unspecified atom stereocenters. The van der Waals surface area contributed by atoms with Gasteiger partial charge in [-0.25, -0.2) is 0 Å². The Morgan fingerprint density at radius 2 is 1.85 bits per heavy atom. The van der Waals surface area contributed by atoms with Crippen molar-refractivity contribution in [3.63, 3.8) is 0 Å². The summed E-state index contributed by atoms with van der Waals surface area (Å²) < 4.78 is 0. The second-order valence-electron chi connectivity index (χ2n) is 4.21. The minimum absolute atomic E-state index is 0.370. The first-order valence-corrected chi connectivity index (χ1v) is 5.04. The molecule has 1 aliphatic carbocycles. The fraction of sp³-hybridized carbons (Fsp3) is 0.500. The Bertz CT molecular complexity index is 276. The van der Waals surface area contributed by atoms with E-state index in [-0.39, 0.29) is 0 Å². The van der Waals surface area contributed by atoms with Gasteiger partial charge in [-0.2, -0.15) is 0 Å². The summed E-state index contributed by atoms with van der Waals surface area (Å²) >= 11 is 0. The van der Waals surface area contributed by atoms with Crippen molar-refractivity contribution in [2.45, 2.75) is 32.1 Å². The lowest BCUT2D eigenvalue weighted by Gasteiger charge is -2.09. The molecule has 2 atom stereocenters. The summed E-state index contributed by atoms with van der Waals surface area (Å²) in [5.74, 6) is 1.98. The summed E-state index contributed by atoms with van der Waals surface area (Å²) in [5.41, 5.74) is 1.39. The van der Waals surface area contributed by atoms with Crippen molar-refractivity contribution in [1.82, 2.24) is 0 Å². The molecule has 0 bridgehead atoms. The zero-order valence-electron chi connectivity index (χ0n) is 8.03. The van der Waals surface area contributed by atoms with E-state index in [4.69, 9.17) is 5.11 Å². The highest BCUT2D eigenvalue weighted by atomic mass is 16.3. The molecule has 0 aliphatic heterocycles. The van der Waals surface area contributed by atoms with E-state index in [1.807, 2.05) is 0 Å². The van der Waals surface area contributed by atoms with Crippen LogP contribution in [0.2, 0.25) is 0 Å². The highest BCUT2D eigenvalue weighted by molar-refractivity contribution is 5.28. The van der Waals surface area contributed by atoms with Crippen LogP contribution in [0.15, 0.2) is 24.3 Å². The van der Waals surface area contributed by atoms with Crippen molar-refractivity contribution < 1.29 is 5.11 Å². The molecule has 0 saturated heterocycles. The van der Waals surface area contributed by atoms with E-state index < -0.39 is 0 Å². The van der Waals surface area contributed by atoms with Crippen LogP contribution in [0, 0.1) is 5.92 Å². The number of phenols is 1. The fourth-order valence-electron chi connectivity index (χ4n) is 2.26. The third kappa shape index (κ3) is 1.85. The molecule has 1 saturated carbocycles. The molecule has 70 valence electrons. The number of hydrogen-bond acceptors (Lipinski definition) is 1. The van der Waals surface area contributed by atoms with Gasteiger partial charge in [0.25, 0.3) is 0 Å². The average Bonchev–Trinajstić information content (AvgIpc) is 2.53. The van der Waals surface area contributed by atoms with Crippen molar-refractivity contribution in [3.05, 3.63) is 29.8 Å². The van der Waals surface area contributed by atoms with Gasteiger partial charge in [-0.3, -0.25) is 0 Å². The van der Waals surface area contributed by atoms with E-state index >= 15 is 0 Å². The van der Waals surface area contributed by atoms with Crippen LogP contribution in [0.4, 0.5) is 0 Å². The summed E-state index contributed by atoms with van der Waals surface area (Å²) in [4.78, 5) is 0. The van der Waals surface area contributed by atoms with Crippen molar-refractivity contribution in [2.24, 2.45) is 5.92 Å². The molecule has 1 nitrogen and oxygen atoms in total. The van der Waals surface area contributed by atoms with Crippen LogP contribution >= 0.6 is 0 Å². The quantitative estimate of drug-likeness (QED) is 0.696. The molecule has 1 N–H and O–H groups in total. The van der Waals surface area contributed by atoms with Gasteiger partial charge in [-0.05, 0) is 42.4 Å². The first kappa shape index (κ1) is 8.61. The van der Waals surface area contributed by atoms with Gasteiger partial charge in [0.15, 0.2) is 0 Å². The second kappa shape index (κ2) is 3.41. The van der Waals surface area contributed by atoms with Crippen LogP contribution in [0.5, 0.6) is 5.75 Å². The molecule has 13 heavy (non-hydrogen) atoms. The molecule has 1 aromatic rings. The number of benzene rings is 1. The van der Waals surface area contributed by atoms with E-state index in [1.54, 1.807) is 12.1 Å². The molecule has 0 heterocycles. The maximum atomic E-state index is 9.15. The van der Waals surface area contributed by atoms with Gasteiger partial charge in [0.05, 0.1) is 0 Å². The van der Waals surface area contributed by atoms with Crippen LogP contribution in [0.3, 0.4) is 0 Å². The maximum Gasteiger partial charge on any atom is 0.115 e. The standard InChI is InChI=1S/C12H16O/c1-9-2-3-11(8-9)10-4-6-12(13)7-5-10/h4-7,9,11,13H,2-3,8H2,1H3. The molecule has 1 fully saturated rings. The van der Waals surface area contributed by atoms with E-state index in [1.165, 1.54) is 24.8 Å². The van der Waals surface area contributed by atoms with Gasteiger partial charge in [0, 0.05) is 0 Å². The van der Waals surface area contributed by atoms with Crippen molar-refractivity contribution in [1.29, 1.82) is 0 Å². The first-order chi connectivity index (χ1) is 6.25. The summed E-state index contributed by atoms with van der Waals surface area (Å²) in [5, 5.41) is 9.15.